The average molecular weight is 424 g/mol. The van der Waals surface area contributed by atoms with E-state index < -0.39 is 48.0 Å². The van der Waals surface area contributed by atoms with Gasteiger partial charge in [-0.2, -0.15) is 0 Å². The number of amides is 2. The number of halogens is 4. The van der Waals surface area contributed by atoms with Crippen LogP contribution in [0.5, 0.6) is 5.75 Å². The molecular weight excluding hydrogens is 400 g/mol. The smallest absolute Gasteiger partial charge is 0.406 e. The van der Waals surface area contributed by atoms with E-state index in [1.165, 1.54) is 23.7 Å². The average Bonchev–Trinajstić information content (AvgIpc) is 2.62. The maximum absolute atomic E-state index is 14.0. The molecule has 0 spiro atoms. The minimum absolute atomic E-state index is 0.0169. The number of aliphatic hydroxyl groups excluding tert-OH is 1. The first-order valence-electron chi connectivity index (χ1n) is 8.80. The molecule has 7 nitrogen and oxygen atoms in total. The number of hydroxylamine groups is 1. The number of hydrogen-bond acceptors (Lipinski definition) is 5. The summed E-state index contributed by atoms with van der Waals surface area (Å²) in [5.74, 6) is -3.52. The molecule has 0 aliphatic carbocycles. The fraction of sp³-hybridized carbons (Fsp3) is 0.556. The normalized spacial score (nSPS) is 15.8. The third kappa shape index (κ3) is 8.65. The van der Waals surface area contributed by atoms with Crippen molar-refractivity contribution in [3.05, 3.63) is 29.8 Å². The van der Waals surface area contributed by atoms with E-state index in [-0.39, 0.29) is 31.2 Å². The Morgan fingerprint density at radius 2 is 1.83 bits per heavy atom. The van der Waals surface area contributed by atoms with Crippen molar-refractivity contribution < 1.29 is 42.2 Å². The molecule has 0 aromatic heterocycles. The van der Waals surface area contributed by atoms with Gasteiger partial charge in [0.15, 0.2) is 5.67 Å². The van der Waals surface area contributed by atoms with Crippen LogP contribution in [-0.4, -0.2) is 40.3 Å². The van der Waals surface area contributed by atoms with Crippen molar-refractivity contribution in [2.75, 3.05) is 0 Å². The van der Waals surface area contributed by atoms with Crippen molar-refractivity contribution in [1.82, 2.24) is 5.48 Å². The van der Waals surface area contributed by atoms with Gasteiger partial charge in [0.2, 0.25) is 5.91 Å². The van der Waals surface area contributed by atoms with Gasteiger partial charge >= 0.3 is 6.36 Å². The molecule has 0 saturated carbocycles. The molecule has 2 amide bonds. The lowest BCUT2D eigenvalue weighted by Crippen LogP contribution is -2.38. The summed E-state index contributed by atoms with van der Waals surface area (Å²) in [7, 11) is 0. The SMILES string of the molecule is CC(F)(CCC(CC(O)CCc1ccccc1OC(F)(F)F)C(=O)NO)C(N)=O. The van der Waals surface area contributed by atoms with Crippen LogP contribution in [0.3, 0.4) is 0 Å². The maximum Gasteiger partial charge on any atom is 0.573 e. The van der Waals surface area contributed by atoms with Crippen LogP contribution in [0.25, 0.3) is 0 Å². The molecule has 0 radical (unpaired) electrons. The van der Waals surface area contributed by atoms with Crippen molar-refractivity contribution >= 4 is 11.8 Å². The van der Waals surface area contributed by atoms with Gasteiger partial charge in [-0.05, 0) is 50.7 Å². The highest BCUT2D eigenvalue weighted by Gasteiger charge is 2.34. The molecule has 0 fully saturated rings. The lowest BCUT2D eigenvalue weighted by atomic mass is 9.89. The number of rotatable bonds is 11. The zero-order valence-corrected chi connectivity index (χ0v) is 15.7. The molecule has 0 bridgehead atoms. The number of para-hydroxylation sites is 1. The van der Waals surface area contributed by atoms with Crippen LogP contribution in [0.4, 0.5) is 17.6 Å². The van der Waals surface area contributed by atoms with Gasteiger partial charge in [-0.15, -0.1) is 13.2 Å². The van der Waals surface area contributed by atoms with Crippen molar-refractivity contribution in [3.8, 4) is 5.75 Å². The zero-order valence-electron chi connectivity index (χ0n) is 15.7. The van der Waals surface area contributed by atoms with Gasteiger partial charge in [-0.25, -0.2) is 9.87 Å². The van der Waals surface area contributed by atoms with Crippen LogP contribution in [0.15, 0.2) is 24.3 Å². The number of aryl methyl sites for hydroxylation is 1. The Labute approximate surface area is 164 Å². The van der Waals surface area contributed by atoms with E-state index in [0.29, 0.717) is 0 Å². The van der Waals surface area contributed by atoms with Crippen LogP contribution in [0.2, 0.25) is 0 Å². The van der Waals surface area contributed by atoms with Crippen molar-refractivity contribution in [2.24, 2.45) is 11.7 Å². The van der Waals surface area contributed by atoms with Crippen LogP contribution < -0.4 is 16.0 Å². The Balaban J connectivity index is 2.71. The highest BCUT2D eigenvalue weighted by molar-refractivity contribution is 5.83. The number of benzene rings is 1. The third-order valence-corrected chi connectivity index (χ3v) is 4.46. The van der Waals surface area contributed by atoms with E-state index in [4.69, 9.17) is 10.9 Å². The standard InChI is InChI=1S/C18H24F4N2O5/c1-17(19,16(23)27)9-8-12(15(26)24-28)10-13(25)7-6-11-4-2-3-5-14(11)29-18(20,21)22/h2-5,12-13,25,28H,6-10H2,1H3,(H2,23,27)(H,24,26). The largest absolute Gasteiger partial charge is 0.573 e. The van der Waals surface area contributed by atoms with E-state index in [0.717, 1.165) is 13.0 Å². The molecule has 11 heteroatoms. The number of carbonyl (C=O) groups is 2. The molecule has 3 atom stereocenters. The lowest BCUT2D eigenvalue weighted by molar-refractivity contribution is -0.274. The minimum Gasteiger partial charge on any atom is -0.406 e. The summed E-state index contributed by atoms with van der Waals surface area (Å²) < 4.78 is 55.3. The number of nitrogens with two attached hydrogens (primary N) is 1. The van der Waals surface area contributed by atoms with Gasteiger partial charge in [0.25, 0.3) is 5.91 Å². The number of primary amides is 1. The van der Waals surface area contributed by atoms with Crippen molar-refractivity contribution in [3.63, 3.8) is 0 Å². The molecule has 164 valence electrons. The first kappa shape index (κ1) is 24.6. The van der Waals surface area contributed by atoms with Gasteiger partial charge in [0, 0.05) is 5.92 Å². The van der Waals surface area contributed by atoms with Gasteiger partial charge < -0.3 is 15.6 Å². The summed E-state index contributed by atoms with van der Waals surface area (Å²) in [6.45, 7) is 0.956. The molecule has 3 unspecified atom stereocenters. The Kier molecular flexibility index (Phi) is 8.83. The predicted molar refractivity (Wildman–Crippen MR) is 93.4 cm³/mol. The molecule has 0 aliphatic rings. The van der Waals surface area contributed by atoms with Gasteiger partial charge in [0.1, 0.15) is 5.75 Å². The van der Waals surface area contributed by atoms with E-state index in [9.17, 15) is 32.3 Å². The summed E-state index contributed by atoms with van der Waals surface area (Å²) in [5, 5.41) is 19.0. The highest BCUT2D eigenvalue weighted by Crippen LogP contribution is 2.28. The van der Waals surface area contributed by atoms with Crippen molar-refractivity contribution in [1.29, 1.82) is 0 Å². The Hall–Kier alpha value is -2.40. The number of alkyl halides is 4. The van der Waals surface area contributed by atoms with Gasteiger partial charge in [0.05, 0.1) is 6.10 Å². The molecular formula is C18H24F4N2O5. The molecule has 5 N–H and O–H groups in total. The summed E-state index contributed by atoms with van der Waals surface area (Å²) in [4.78, 5) is 22.8. The summed E-state index contributed by atoms with van der Waals surface area (Å²) >= 11 is 0. The second kappa shape index (κ2) is 10.4. The summed E-state index contributed by atoms with van der Waals surface area (Å²) in [5.41, 5.74) is 4.18. The molecule has 29 heavy (non-hydrogen) atoms. The highest BCUT2D eigenvalue weighted by atomic mass is 19.4. The van der Waals surface area contributed by atoms with Crippen LogP contribution >= 0.6 is 0 Å². The van der Waals surface area contributed by atoms with E-state index in [2.05, 4.69) is 4.74 Å². The van der Waals surface area contributed by atoms with E-state index in [1.54, 1.807) is 0 Å². The fourth-order valence-electron chi connectivity index (χ4n) is 2.72. The Bertz CT molecular complexity index is 697. The molecule has 0 aliphatic heterocycles. The van der Waals surface area contributed by atoms with Crippen LogP contribution in [0, 0.1) is 5.92 Å². The van der Waals surface area contributed by atoms with Crippen LogP contribution in [0.1, 0.15) is 38.2 Å². The minimum atomic E-state index is -4.86. The monoisotopic (exact) mass is 424 g/mol. The number of carbonyl (C=O) groups excluding carboxylic acids is 2. The fourth-order valence-corrected chi connectivity index (χ4v) is 2.72. The first-order valence-corrected chi connectivity index (χ1v) is 8.80. The predicted octanol–water partition coefficient (Wildman–Crippen LogP) is 2.38. The second-order valence-electron chi connectivity index (χ2n) is 6.86. The number of nitrogens with one attached hydrogen (secondary N) is 1. The van der Waals surface area contributed by atoms with Gasteiger partial charge in [-0.1, -0.05) is 18.2 Å². The van der Waals surface area contributed by atoms with Gasteiger partial charge in [-0.3, -0.25) is 14.8 Å². The number of aliphatic hydroxyl groups is 1. The second-order valence-corrected chi connectivity index (χ2v) is 6.86. The third-order valence-electron chi connectivity index (χ3n) is 4.46. The number of ether oxygens (including phenoxy) is 1. The number of hydrogen-bond donors (Lipinski definition) is 4. The van der Waals surface area contributed by atoms with E-state index in [1.807, 2.05) is 0 Å². The first-order chi connectivity index (χ1) is 13.4. The quantitative estimate of drug-likeness (QED) is 0.247. The van der Waals surface area contributed by atoms with E-state index >= 15 is 0 Å². The van der Waals surface area contributed by atoms with Crippen molar-refractivity contribution in [2.45, 2.75) is 57.2 Å². The topological polar surface area (TPSA) is 122 Å². The molecule has 0 saturated heterocycles. The molecule has 1 rings (SSSR count). The Morgan fingerprint density at radius 3 is 2.38 bits per heavy atom. The zero-order chi connectivity index (χ0) is 22.2. The molecule has 0 heterocycles. The maximum atomic E-state index is 14.0. The molecule has 1 aromatic rings. The summed E-state index contributed by atoms with van der Waals surface area (Å²) in [6, 6.07) is 5.43. The molecule has 1 aromatic carbocycles. The summed E-state index contributed by atoms with van der Waals surface area (Å²) in [6.07, 6.45) is -6.81. The lowest BCUT2D eigenvalue weighted by Gasteiger charge is -2.22. The van der Waals surface area contributed by atoms with Crippen LogP contribution in [-0.2, 0) is 16.0 Å². The Morgan fingerprint density at radius 1 is 1.21 bits per heavy atom.